The van der Waals surface area contributed by atoms with Gasteiger partial charge in [-0.25, -0.2) is 0 Å². The van der Waals surface area contributed by atoms with Gasteiger partial charge in [-0.15, -0.1) is 0 Å². The quantitative estimate of drug-likeness (QED) is 0.900. The predicted molar refractivity (Wildman–Crippen MR) is 95.8 cm³/mol. The fourth-order valence-corrected chi connectivity index (χ4v) is 3.11. The number of hydrogen-bond donors (Lipinski definition) is 2. The first-order valence-electron chi connectivity index (χ1n) is 8.53. The van der Waals surface area contributed by atoms with Crippen LogP contribution in [0.5, 0.6) is 0 Å². The lowest BCUT2D eigenvalue weighted by atomic mass is 9.96. The van der Waals surface area contributed by atoms with E-state index in [1.165, 1.54) is 0 Å². The van der Waals surface area contributed by atoms with Crippen LogP contribution >= 0.6 is 0 Å². The molecule has 0 aliphatic carbocycles. The maximum Gasteiger partial charge on any atom is 0.256 e. The van der Waals surface area contributed by atoms with Crippen molar-refractivity contribution >= 4 is 17.5 Å². The average molecular weight is 338 g/mol. The van der Waals surface area contributed by atoms with Gasteiger partial charge < -0.3 is 15.3 Å². The Hall–Kier alpha value is -2.66. The Morgan fingerprint density at radius 1 is 1.04 bits per heavy atom. The normalized spacial score (nSPS) is 18.4. The van der Waals surface area contributed by atoms with Crippen molar-refractivity contribution in [1.82, 2.24) is 4.90 Å². The van der Waals surface area contributed by atoms with E-state index in [-0.39, 0.29) is 17.7 Å². The Balaban J connectivity index is 1.62. The molecule has 1 aliphatic heterocycles. The molecule has 25 heavy (non-hydrogen) atoms. The van der Waals surface area contributed by atoms with Crippen LogP contribution in [0.15, 0.2) is 60.7 Å². The first-order chi connectivity index (χ1) is 12.1. The molecule has 2 aromatic rings. The Labute approximate surface area is 147 Å². The van der Waals surface area contributed by atoms with E-state index in [9.17, 15) is 14.7 Å². The molecule has 2 N–H and O–H groups in total. The standard InChI is InChI=1S/C20H22N2O3/c23-18(15-8-3-1-4-9-15)20(25)22-13-7-10-16(14-22)19(24)21-17-11-5-2-6-12-17/h1-6,8-9,11-12,16,18,23H,7,10,13-14H2,(H,21,24). The highest BCUT2D eigenvalue weighted by Gasteiger charge is 2.31. The summed E-state index contributed by atoms with van der Waals surface area (Å²) in [6.45, 7) is 0.902. The van der Waals surface area contributed by atoms with Gasteiger partial charge in [0.05, 0.1) is 5.92 Å². The van der Waals surface area contributed by atoms with Gasteiger partial charge in [0, 0.05) is 18.8 Å². The number of anilines is 1. The lowest BCUT2D eigenvalue weighted by Crippen LogP contribution is -2.45. The molecule has 1 saturated heterocycles. The number of aliphatic hydroxyl groups is 1. The fraction of sp³-hybridized carbons (Fsp3) is 0.300. The van der Waals surface area contributed by atoms with E-state index in [0.29, 0.717) is 18.7 Å². The number of benzene rings is 2. The van der Waals surface area contributed by atoms with E-state index < -0.39 is 6.10 Å². The van der Waals surface area contributed by atoms with Gasteiger partial charge in [-0.1, -0.05) is 48.5 Å². The molecule has 5 nitrogen and oxygen atoms in total. The molecule has 0 radical (unpaired) electrons. The second-order valence-corrected chi connectivity index (χ2v) is 6.29. The number of hydrogen-bond acceptors (Lipinski definition) is 3. The zero-order valence-corrected chi connectivity index (χ0v) is 14.0. The summed E-state index contributed by atoms with van der Waals surface area (Å²) in [5.41, 5.74) is 1.32. The molecule has 5 heteroatoms. The number of likely N-dealkylation sites (tertiary alicyclic amines) is 1. The van der Waals surface area contributed by atoms with Crippen LogP contribution in [0.1, 0.15) is 24.5 Å². The van der Waals surface area contributed by atoms with Gasteiger partial charge in [0.15, 0.2) is 6.10 Å². The van der Waals surface area contributed by atoms with Gasteiger partial charge in [-0.05, 0) is 30.5 Å². The van der Waals surface area contributed by atoms with Crippen LogP contribution in [0.25, 0.3) is 0 Å². The zero-order valence-electron chi connectivity index (χ0n) is 14.0. The van der Waals surface area contributed by atoms with Crippen LogP contribution in [-0.4, -0.2) is 34.9 Å². The summed E-state index contributed by atoms with van der Waals surface area (Å²) >= 11 is 0. The van der Waals surface area contributed by atoms with Crippen LogP contribution in [0.3, 0.4) is 0 Å². The number of carbonyl (C=O) groups is 2. The summed E-state index contributed by atoms with van der Waals surface area (Å²) in [6.07, 6.45) is 0.307. The maximum atomic E-state index is 12.6. The number of para-hydroxylation sites is 1. The van der Waals surface area contributed by atoms with Gasteiger partial charge in [-0.2, -0.15) is 0 Å². The molecular formula is C20H22N2O3. The number of rotatable bonds is 4. The van der Waals surface area contributed by atoms with E-state index in [1.54, 1.807) is 29.2 Å². The summed E-state index contributed by atoms with van der Waals surface area (Å²) in [5, 5.41) is 13.2. The van der Waals surface area contributed by atoms with Gasteiger partial charge in [0.2, 0.25) is 5.91 Å². The van der Waals surface area contributed by atoms with Crippen molar-refractivity contribution in [2.45, 2.75) is 18.9 Å². The Bertz CT molecular complexity index is 718. The molecule has 0 saturated carbocycles. The monoisotopic (exact) mass is 338 g/mol. The van der Waals surface area contributed by atoms with E-state index in [0.717, 1.165) is 18.5 Å². The van der Waals surface area contributed by atoms with Crippen molar-refractivity contribution in [3.63, 3.8) is 0 Å². The lowest BCUT2D eigenvalue weighted by molar-refractivity contribution is -0.143. The van der Waals surface area contributed by atoms with Crippen molar-refractivity contribution in [1.29, 1.82) is 0 Å². The minimum absolute atomic E-state index is 0.0853. The van der Waals surface area contributed by atoms with Crippen LogP contribution in [0, 0.1) is 5.92 Å². The Morgan fingerprint density at radius 2 is 1.68 bits per heavy atom. The molecule has 1 fully saturated rings. The lowest BCUT2D eigenvalue weighted by Gasteiger charge is -2.33. The first kappa shape index (κ1) is 17.2. The molecule has 1 heterocycles. The third kappa shape index (κ3) is 4.25. The molecule has 0 bridgehead atoms. The van der Waals surface area contributed by atoms with Gasteiger partial charge in [0.25, 0.3) is 5.91 Å². The molecule has 2 aromatic carbocycles. The minimum Gasteiger partial charge on any atom is -0.378 e. The topological polar surface area (TPSA) is 69.6 Å². The molecule has 2 unspecified atom stereocenters. The van der Waals surface area contributed by atoms with Crippen molar-refractivity contribution in [2.75, 3.05) is 18.4 Å². The van der Waals surface area contributed by atoms with Crippen molar-refractivity contribution in [2.24, 2.45) is 5.92 Å². The van der Waals surface area contributed by atoms with Gasteiger partial charge in [0.1, 0.15) is 0 Å². The molecule has 2 amide bonds. The van der Waals surface area contributed by atoms with Crippen LogP contribution < -0.4 is 5.32 Å². The largest absolute Gasteiger partial charge is 0.378 e. The van der Waals surface area contributed by atoms with Crippen molar-refractivity contribution in [3.8, 4) is 0 Å². The number of aliphatic hydroxyl groups excluding tert-OH is 1. The fourth-order valence-electron chi connectivity index (χ4n) is 3.11. The smallest absolute Gasteiger partial charge is 0.256 e. The summed E-state index contributed by atoms with van der Waals surface area (Å²) in [6, 6.07) is 18.2. The molecular weight excluding hydrogens is 316 g/mol. The van der Waals surface area contributed by atoms with E-state index in [1.807, 2.05) is 36.4 Å². The van der Waals surface area contributed by atoms with E-state index in [2.05, 4.69) is 5.32 Å². The number of piperidine rings is 1. The molecule has 2 atom stereocenters. The first-order valence-corrected chi connectivity index (χ1v) is 8.53. The van der Waals surface area contributed by atoms with Crippen LogP contribution in [0.4, 0.5) is 5.69 Å². The van der Waals surface area contributed by atoms with Crippen molar-refractivity contribution < 1.29 is 14.7 Å². The number of amides is 2. The van der Waals surface area contributed by atoms with Gasteiger partial charge in [-0.3, -0.25) is 9.59 Å². The number of carbonyl (C=O) groups excluding carboxylic acids is 2. The molecule has 3 rings (SSSR count). The Morgan fingerprint density at radius 3 is 2.36 bits per heavy atom. The summed E-state index contributed by atoms with van der Waals surface area (Å²) in [7, 11) is 0. The van der Waals surface area contributed by atoms with E-state index >= 15 is 0 Å². The number of nitrogens with zero attached hydrogens (tertiary/aromatic N) is 1. The zero-order chi connectivity index (χ0) is 17.6. The minimum atomic E-state index is -1.18. The van der Waals surface area contributed by atoms with Crippen molar-refractivity contribution in [3.05, 3.63) is 66.2 Å². The molecule has 130 valence electrons. The molecule has 0 spiro atoms. The van der Waals surface area contributed by atoms with Crippen LogP contribution in [0.2, 0.25) is 0 Å². The highest BCUT2D eigenvalue weighted by molar-refractivity contribution is 5.93. The highest BCUT2D eigenvalue weighted by atomic mass is 16.3. The van der Waals surface area contributed by atoms with Gasteiger partial charge >= 0.3 is 0 Å². The third-order valence-electron chi connectivity index (χ3n) is 4.49. The molecule has 0 aromatic heterocycles. The summed E-state index contributed by atoms with van der Waals surface area (Å²) in [5.74, 6) is -0.692. The maximum absolute atomic E-state index is 12.6. The SMILES string of the molecule is O=C(Nc1ccccc1)C1CCCN(C(=O)C(O)c2ccccc2)C1. The summed E-state index contributed by atoms with van der Waals surface area (Å²) < 4.78 is 0. The Kier molecular flexibility index (Phi) is 5.46. The average Bonchev–Trinajstić information content (AvgIpc) is 2.68. The van der Waals surface area contributed by atoms with Crippen LogP contribution in [-0.2, 0) is 9.59 Å². The van der Waals surface area contributed by atoms with E-state index in [4.69, 9.17) is 0 Å². The predicted octanol–water partition coefficient (Wildman–Crippen LogP) is 2.60. The number of nitrogens with one attached hydrogen (secondary N) is 1. The molecule has 1 aliphatic rings. The third-order valence-corrected chi connectivity index (χ3v) is 4.49. The highest BCUT2D eigenvalue weighted by Crippen LogP contribution is 2.23. The second-order valence-electron chi connectivity index (χ2n) is 6.29. The second kappa shape index (κ2) is 7.94. The summed E-state index contributed by atoms with van der Waals surface area (Å²) in [4.78, 5) is 26.6.